The van der Waals surface area contributed by atoms with Gasteiger partial charge >= 0.3 is 59.4 Å². The summed E-state index contributed by atoms with van der Waals surface area (Å²) in [4.78, 5) is 0. The molecule has 0 amide bonds. The monoisotopic (exact) mass is 242 g/mol. The van der Waals surface area contributed by atoms with Gasteiger partial charge in [-0.1, -0.05) is 0 Å². The zero-order chi connectivity index (χ0) is 6.48. The van der Waals surface area contributed by atoms with Crippen molar-refractivity contribution >= 4 is 21.5 Å². The van der Waals surface area contributed by atoms with Crippen molar-refractivity contribution in [3.8, 4) is 0 Å². The maximum absolute atomic E-state index is 9.04. The number of hydrogen-bond donors (Lipinski definition) is 2. The summed E-state index contributed by atoms with van der Waals surface area (Å²) in [5.74, 6) is -1.59. The molecule has 1 atom stereocenters. The van der Waals surface area contributed by atoms with Crippen LogP contribution < -0.4 is 0 Å². The van der Waals surface area contributed by atoms with Crippen LogP contribution in [0, 0.1) is 0 Å². The summed E-state index contributed by atoms with van der Waals surface area (Å²) in [6.45, 7) is -0.253. The molecule has 1 unspecified atom stereocenters. The molecule has 3 saturated heterocycles. The van der Waals surface area contributed by atoms with Crippen molar-refractivity contribution in [3.63, 3.8) is 0 Å². The van der Waals surface area contributed by atoms with Gasteiger partial charge in [-0.2, -0.15) is 0 Å². The molecule has 3 aliphatic heterocycles. The normalized spacial score (nSPS) is 49.3. The third kappa shape index (κ3) is 0.738. The Hall–Kier alpha value is 0.618. The van der Waals surface area contributed by atoms with E-state index >= 15 is 0 Å². The molecule has 0 saturated carbocycles. The fourth-order valence-corrected chi connectivity index (χ4v) is 4.04. The van der Waals surface area contributed by atoms with Crippen LogP contribution in [0.25, 0.3) is 0 Å². The molecule has 5 nitrogen and oxygen atoms in total. The molecular formula is C3H5O5Sb. The Balaban J connectivity index is 2.11. The van der Waals surface area contributed by atoms with Crippen LogP contribution in [0.1, 0.15) is 0 Å². The van der Waals surface area contributed by atoms with Gasteiger partial charge in [-0.25, -0.2) is 0 Å². The molecule has 0 spiro atoms. The second-order valence-electron chi connectivity index (χ2n) is 1.81. The van der Waals surface area contributed by atoms with Gasteiger partial charge in [-0.05, 0) is 0 Å². The average Bonchev–Trinajstić information content (AvgIpc) is 2.18. The summed E-state index contributed by atoms with van der Waals surface area (Å²) in [5, 5.41) is 17.5. The number of hydrogen-bond acceptors (Lipinski definition) is 5. The molecule has 6 heteroatoms. The van der Waals surface area contributed by atoms with Gasteiger partial charge in [-0.3, -0.25) is 0 Å². The minimum absolute atomic E-state index is 0.253. The van der Waals surface area contributed by atoms with Crippen LogP contribution in [0.15, 0.2) is 0 Å². The maximum atomic E-state index is 9.04. The van der Waals surface area contributed by atoms with E-state index in [-0.39, 0.29) is 6.61 Å². The molecule has 3 aliphatic rings. The zero-order valence-corrected chi connectivity index (χ0v) is 6.90. The Labute approximate surface area is 59.8 Å². The van der Waals surface area contributed by atoms with Gasteiger partial charge in [0, 0.05) is 0 Å². The fraction of sp³-hybridized carbons (Fsp3) is 1.00. The topological polar surface area (TPSA) is 68.2 Å². The minimum atomic E-state index is -2.34. The molecule has 3 fully saturated rings. The summed E-state index contributed by atoms with van der Waals surface area (Å²) in [6, 6.07) is 0. The summed E-state index contributed by atoms with van der Waals surface area (Å²) < 4.78 is 14.5. The van der Waals surface area contributed by atoms with Crippen molar-refractivity contribution in [2.45, 2.75) is 12.1 Å². The SMILES string of the molecule is OCC1[O][Sb]2[O]C1(O)[O]2. The van der Waals surface area contributed by atoms with Crippen molar-refractivity contribution in [2.75, 3.05) is 6.61 Å². The molecule has 52 valence electrons. The first-order chi connectivity index (χ1) is 4.24. The fourth-order valence-electron chi connectivity index (χ4n) is 0.700. The van der Waals surface area contributed by atoms with Gasteiger partial charge in [0.25, 0.3) is 0 Å². The first kappa shape index (κ1) is 6.34. The number of aliphatic hydroxyl groups is 2. The third-order valence-corrected chi connectivity index (χ3v) is 4.76. The van der Waals surface area contributed by atoms with Gasteiger partial charge in [0.15, 0.2) is 0 Å². The van der Waals surface area contributed by atoms with Gasteiger partial charge in [-0.15, -0.1) is 0 Å². The van der Waals surface area contributed by atoms with Crippen molar-refractivity contribution in [2.24, 2.45) is 0 Å². The Bertz CT molecular complexity index is 132. The van der Waals surface area contributed by atoms with Gasteiger partial charge in [0.2, 0.25) is 0 Å². The van der Waals surface area contributed by atoms with Gasteiger partial charge in [0.05, 0.1) is 0 Å². The van der Waals surface area contributed by atoms with E-state index in [0.717, 1.165) is 0 Å². The molecule has 0 radical (unpaired) electrons. The average molecular weight is 243 g/mol. The first-order valence-electron chi connectivity index (χ1n) is 2.43. The van der Waals surface area contributed by atoms with Crippen molar-refractivity contribution in [3.05, 3.63) is 0 Å². The van der Waals surface area contributed by atoms with Crippen molar-refractivity contribution < 1.29 is 19.3 Å². The molecule has 3 heterocycles. The zero-order valence-electron chi connectivity index (χ0n) is 4.35. The summed E-state index contributed by atoms with van der Waals surface area (Å²) in [5.41, 5.74) is 0. The molecule has 2 N–H and O–H groups in total. The van der Waals surface area contributed by atoms with Crippen molar-refractivity contribution in [1.82, 2.24) is 0 Å². The van der Waals surface area contributed by atoms with Crippen LogP contribution in [-0.2, 0) is 9.05 Å². The number of rotatable bonds is 1. The van der Waals surface area contributed by atoms with E-state index in [0.29, 0.717) is 0 Å². The van der Waals surface area contributed by atoms with E-state index in [1.54, 1.807) is 0 Å². The summed E-state index contributed by atoms with van der Waals surface area (Å²) >= 11 is -2.34. The second-order valence-corrected chi connectivity index (χ2v) is 4.73. The molecule has 0 aliphatic carbocycles. The molecule has 0 aromatic rings. The standard InChI is InChI=1S/C3H5O5.Sb/c4-1-2(5)3(6,7)8;/h2,4,6H,1H2;/q-3;+3. The summed E-state index contributed by atoms with van der Waals surface area (Å²) in [7, 11) is 0. The predicted molar refractivity (Wildman–Crippen MR) is 24.8 cm³/mol. The van der Waals surface area contributed by atoms with Crippen LogP contribution >= 0.6 is 0 Å². The third-order valence-electron chi connectivity index (χ3n) is 1.20. The Morgan fingerprint density at radius 3 is 2.44 bits per heavy atom. The molecule has 2 bridgehead atoms. The summed E-state index contributed by atoms with van der Waals surface area (Å²) in [6.07, 6.45) is -0.666. The molecule has 3 rings (SSSR count). The van der Waals surface area contributed by atoms with E-state index < -0.39 is 33.5 Å². The van der Waals surface area contributed by atoms with Gasteiger partial charge < -0.3 is 0 Å². The van der Waals surface area contributed by atoms with Crippen LogP contribution in [-0.4, -0.2) is 50.4 Å². The Morgan fingerprint density at radius 2 is 2.22 bits per heavy atom. The molecular weight excluding hydrogens is 238 g/mol. The number of aliphatic hydroxyl groups excluding tert-OH is 1. The molecule has 0 aromatic carbocycles. The van der Waals surface area contributed by atoms with Crippen molar-refractivity contribution in [1.29, 1.82) is 0 Å². The number of fused-ring (bicyclic) bond motifs is 1. The van der Waals surface area contributed by atoms with E-state index in [9.17, 15) is 0 Å². The quantitative estimate of drug-likeness (QED) is 0.524. The van der Waals surface area contributed by atoms with E-state index in [1.165, 1.54) is 0 Å². The molecule has 9 heavy (non-hydrogen) atoms. The van der Waals surface area contributed by atoms with Gasteiger partial charge in [0.1, 0.15) is 0 Å². The predicted octanol–water partition coefficient (Wildman–Crippen LogP) is -1.94. The van der Waals surface area contributed by atoms with E-state index in [2.05, 4.69) is 0 Å². The second kappa shape index (κ2) is 1.81. The van der Waals surface area contributed by atoms with Crippen LogP contribution in [0.5, 0.6) is 0 Å². The Morgan fingerprint density at radius 1 is 1.56 bits per heavy atom. The first-order valence-corrected chi connectivity index (χ1v) is 5.55. The van der Waals surface area contributed by atoms with E-state index in [1.807, 2.05) is 0 Å². The molecule has 0 aromatic heterocycles. The van der Waals surface area contributed by atoms with Crippen LogP contribution in [0.2, 0.25) is 0 Å². The Kier molecular flexibility index (Phi) is 1.28. The van der Waals surface area contributed by atoms with Crippen LogP contribution in [0.4, 0.5) is 0 Å². The van der Waals surface area contributed by atoms with Crippen LogP contribution in [0.3, 0.4) is 0 Å². The van der Waals surface area contributed by atoms with E-state index in [4.69, 9.17) is 19.3 Å².